The van der Waals surface area contributed by atoms with Gasteiger partial charge >= 0.3 is 0 Å². The summed E-state index contributed by atoms with van der Waals surface area (Å²) in [6.07, 6.45) is 4.92. The van der Waals surface area contributed by atoms with Gasteiger partial charge in [-0.3, -0.25) is 4.79 Å². The average Bonchev–Trinajstić information content (AvgIpc) is 2.67. The van der Waals surface area contributed by atoms with Crippen LogP contribution >= 0.6 is 11.6 Å². The van der Waals surface area contributed by atoms with Gasteiger partial charge in [-0.1, -0.05) is 31.4 Å². The van der Waals surface area contributed by atoms with Gasteiger partial charge in [0, 0.05) is 23.8 Å². The van der Waals surface area contributed by atoms with Crippen molar-refractivity contribution < 1.29 is 14.6 Å². The van der Waals surface area contributed by atoms with Crippen LogP contribution in [0.5, 0.6) is 11.5 Å². The van der Waals surface area contributed by atoms with Gasteiger partial charge < -0.3 is 24.5 Å². The fraction of sp³-hybridized carbons (Fsp3) is 0.450. The van der Waals surface area contributed by atoms with Crippen molar-refractivity contribution in [1.82, 2.24) is 4.57 Å². The van der Waals surface area contributed by atoms with Gasteiger partial charge in [-0.05, 0) is 30.2 Å². The SMILES string of the molecule is CCCCCOc1ccn(Cc2cc(OC)c(NCCO)cc2Cl)c(=O)c1. The lowest BCUT2D eigenvalue weighted by Gasteiger charge is -2.15. The Balaban J connectivity index is 2.13. The summed E-state index contributed by atoms with van der Waals surface area (Å²) in [7, 11) is 1.56. The van der Waals surface area contributed by atoms with Crippen LogP contribution in [0.2, 0.25) is 5.02 Å². The van der Waals surface area contributed by atoms with Gasteiger partial charge in [0.15, 0.2) is 0 Å². The molecule has 6 nitrogen and oxygen atoms in total. The van der Waals surface area contributed by atoms with Crippen molar-refractivity contribution in [3.8, 4) is 11.5 Å². The molecule has 27 heavy (non-hydrogen) atoms. The molecule has 0 atom stereocenters. The maximum Gasteiger partial charge on any atom is 0.254 e. The summed E-state index contributed by atoms with van der Waals surface area (Å²) in [6, 6.07) is 6.81. The van der Waals surface area contributed by atoms with Gasteiger partial charge in [-0.2, -0.15) is 0 Å². The molecule has 1 aromatic carbocycles. The number of aliphatic hydroxyl groups is 1. The average molecular weight is 395 g/mol. The van der Waals surface area contributed by atoms with E-state index in [1.807, 2.05) is 0 Å². The van der Waals surface area contributed by atoms with Crippen LogP contribution in [-0.2, 0) is 6.54 Å². The number of nitrogens with zero attached hydrogens (tertiary/aromatic N) is 1. The number of nitrogens with one attached hydrogen (secondary N) is 1. The predicted octanol–water partition coefficient (Wildman–Crippen LogP) is 3.53. The molecular weight excluding hydrogens is 368 g/mol. The molecule has 0 amide bonds. The first-order chi connectivity index (χ1) is 13.1. The topological polar surface area (TPSA) is 72.7 Å². The number of aliphatic hydroxyl groups excluding tert-OH is 1. The number of ether oxygens (including phenoxy) is 2. The highest BCUT2D eigenvalue weighted by Gasteiger charge is 2.11. The monoisotopic (exact) mass is 394 g/mol. The summed E-state index contributed by atoms with van der Waals surface area (Å²) in [5, 5.41) is 12.5. The van der Waals surface area contributed by atoms with Crippen LogP contribution in [0.25, 0.3) is 0 Å². The van der Waals surface area contributed by atoms with Gasteiger partial charge in [0.2, 0.25) is 0 Å². The number of methoxy groups -OCH3 is 1. The van der Waals surface area contributed by atoms with Gasteiger partial charge in [-0.15, -0.1) is 0 Å². The predicted molar refractivity (Wildman–Crippen MR) is 108 cm³/mol. The number of benzene rings is 1. The molecule has 2 aromatic rings. The first kappa shape index (κ1) is 21.1. The minimum Gasteiger partial charge on any atom is -0.495 e. The number of hydrogen-bond acceptors (Lipinski definition) is 5. The Hall–Kier alpha value is -2.18. The first-order valence-corrected chi connectivity index (χ1v) is 9.51. The number of halogens is 1. The molecule has 0 aliphatic carbocycles. The first-order valence-electron chi connectivity index (χ1n) is 9.13. The molecule has 0 saturated carbocycles. The Morgan fingerprint density at radius 2 is 2.07 bits per heavy atom. The van der Waals surface area contributed by atoms with Crippen LogP contribution in [0.15, 0.2) is 35.3 Å². The van der Waals surface area contributed by atoms with Crippen LogP contribution in [0.4, 0.5) is 5.69 Å². The van der Waals surface area contributed by atoms with E-state index in [4.69, 9.17) is 26.2 Å². The lowest BCUT2D eigenvalue weighted by molar-refractivity contribution is 0.305. The third-order valence-corrected chi connectivity index (χ3v) is 4.47. The van der Waals surface area contributed by atoms with Gasteiger partial charge in [0.1, 0.15) is 11.5 Å². The van der Waals surface area contributed by atoms with E-state index in [2.05, 4.69) is 12.2 Å². The van der Waals surface area contributed by atoms with Crippen molar-refractivity contribution in [2.75, 3.05) is 32.2 Å². The molecule has 1 heterocycles. The maximum absolute atomic E-state index is 12.4. The zero-order valence-corrected chi connectivity index (χ0v) is 16.6. The highest BCUT2D eigenvalue weighted by atomic mass is 35.5. The van der Waals surface area contributed by atoms with E-state index in [-0.39, 0.29) is 12.2 Å². The molecule has 7 heteroatoms. The number of pyridine rings is 1. The Kier molecular flexibility index (Phi) is 8.48. The zero-order valence-electron chi connectivity index (χ0n) is 15.8. The normalized spacial score (nSPS) is 10.7. The van der Waals surface area contributed by atoms with Gasteiger partial charge in [0.05, 0.1) is 32.6 Å². The summed E-state index contributed by atoms with van der Waals surface area (Å²) in [6.45, 7) is 3.47. The Morgan fingerprint density at radius 1 is 1.26 bits per heavy atom. The Bertz CT molecular complexity index is 792. The molecular formula is C20H27ClN2O4. The van der Waals surface area contributed by atoms with Crippen molar-refractivity contribution in [1.29, 1.82) is 0 Å². The van der Waals surface area contributed by atoms with Crippen LogP contribution < -0.4 is 20.3 Å². The van der Waals surface area contributed by atoms with E-state index in [1.54, 1.807) is 36.1 Å². The third kappa shape index (κ3) is 6.19. The van der Waals surface area contributed by atoms with Crippen LogP contribution in [0, 0.1) is 0 Å². The maximum atomic E-state index is 12.4. The largest absolute Gasteiger partial charge is 0.495 e. The Labute approximate surface area is 164 Å². The molecule has 0 spiro atoms. The van der Waals surface area contributed by atoms with E-state index in [1.165, 1.54) is 6.07 Å². The minimum atomic E-state index is -0.152. The van der Waals surface area contributed by atoms with Crippen LogP contribution in [0.1, 0.15) is 31.7 Å². The smallest absolute Gasteiger partial charge is 0.254 e. The number of anilines is 1. The van der Waals surface area contributed by atoms with Crippen molar-refractivity contribution >= 4 is 17.3 Å². The molecule has 148 valence electrons. The minimum absolute atomic E-state index is 0.00474. The fourth-order valence-corrected chi connectivity index (χ4v) is 2.87. The summed E-state index contributed by atoms with van der Waals surface area (Å²) < 4.78 is 12.6. The quantitative estimate of drug-likeness (QED) is 0.570. The summed E-state index contributed by atoms with van der Waals surface area (Å²) in [4.78, 5) is 12.4. The number of rotatable bonds is 11. The van der Waals surface area contributed by atoms with Gasteiger partial charge in [0.25, 0.3) is 5.56 Å². The van der Waals surface area contributed by atoms with Gasteiger partial charge in [-0.25, -0.2) is 0 Å². The molecule has 0 aliphatic heterocycles. The van der Waals surface area contributed by atoms with E-state index >= 15 is 0 Å². The second kappa shape index (κ2) is 10.8. The second-order valence-electron chi connectivity index (χ2n) is 6.18. The fourth-order valence-electron chi connectivity index (χ4n) is 2.65. The molecule has 0 fully saturated rings. The zero-order chi connectivity index (χ0) is 19.6. The van der Waals surface area contributed by atoms with Crippen LogP contribution in [0.3, 0.4) is 0 Å². The molecule has 0 bridgehead atoms. The molecule has 0 aliphatic rings. The molecule has 0 radical (unpaired) electrons. The lowest BCUT2D eigenvalue weighted by Crippen LogP contribution is -2.19. The Morgan fingerprint density at radius 3 is 2.74 bits per heavy atom. The van der Waals surface area contributed by atoms with E-state index in [0.717, 1.165) is 24.8 Å². The van der Waals surface area contributed by atoms with Crippen molar-refractivity contribution in [2.45, 2.75) is 32.7 Å². The summed E-state index contributed by atoms with van der Waals surface area (Å²) in [5.41, 5.74) is 1.31. The molecule has 2 N–H and O–H groups in total. The van der Waals surface area contributed by atoms with Crippen molar-refractivity contribution in [3.63, 3.8) is 0 Å². The molecule has 0 unspecified atom stereocenters. The van der Waals surface area contributed by atoms with E-state index in [0.29, 0.717) is 41.9 Å². The molecule has 0 saturated heterocycles. The number of aromatic nitrogens is 1. The molecule has 2 rings (SSSR count). The van der Waals surface area contributed by atoms with E-state index in [9.17, 15) is 4.79 Å². The highest BCUT2D eigenvalue weighted by molar-refractivity contribution is 6.31. The second-order valence-corrected chi connectivity index (χ2v) is 6.59. The number of hydrogen-bond donors (Lipinski definition) is 2. The summed E-state index contributed by atoms with van der Waals surface area (Å²) in [5.74, 6) is 1.19. The summed E-state index contributed by atoms with van der Waals surface area (Å²) >= 11 is 6.37. The third-order valence-electron chi connectivity index (χ3n) is 4.12. The molecule has 1 aromatic heterocycles. The number of unbranched alkanes of at least 4 members (excludes halogenated alkanes) is 2. The van der Waals surface area contributed by atoms with Crippen molar-refractivity contribution in [2.24, 2.45) is 0 Å². The highest BCUT2D eigenvalue weighted by Crippen LogP contribution is 2.31. The standard InChI is InChI=1S/C20H27ClN2O4/c1-3-4-5-10-27-16-6-8-23(20(25)12-16)14-15-11-19(26-2)18(13-17(15)21)22-7-9-24/h6,8,11-13,22,24H,3-5,7,9-10,14H2,1-2H3. The van der Waals surface area contributed by atoms with E-state index < -0.39 is 0 Å². The van der Waals surface area contributed by atoms with Crippen LogP contribution in [-0.4, -0.2) is 36.5 Å². The lowest BCUT2D eigenvalue weighted by atomic mass is 10.1. The van der Waals surface area contributed by atoms with Crippen molar-refractivity contribution in [3.05, 3.63) is 51.4 Å².